The third-order valence-electron chi connectivity index (χ3n) is 4.15. The Kier molecular flexibility index (Phi) is 4.29. The van der Waals surface area contributed by atoms with Crippen LogP contribution in [0.3, 0.4) is 0 Å². The molecule has 1 aromatic heterocycles. The number of hydrogen-bond acceptors (Lipinski definition) is 3. The molecule has 4 nitrogen and oxygen atoms in total. The van der Waals surface area contributed by atoms with Crippen LogP contribution in [0, 0.1) is 5.41 Å². The van der Waals surface area contributed by atoms with Crippen molar-refractivity contribution in [3.8, 4) is 0 Å². The highest BCUT2D eigenvalue weighted by atomic mass is 15.4. The second-order valence-corrected chi connectivity index (χ2v) is 7.30. The second-order valence-electron chi connectivity index (χ2n) is 7.30. The molecule has 0 bridgehead atoms. The van der Waals surface area contributed by atoms with E-state index < -0.39 is 0 Å². The van der Waals surface area contributed by atoms with Crippen molar-refractivity contribution < 1.29 is 0 Å². The highest BCUT2D eigenvalue weighted by molar-refractivity contribution is 4.94. The Labute approximate surface area is 117 Å². The van der Waals surface area contributed by atoms with Gasteiger partial charge in [-0.3, -0.25) is 0 Å². The van der Waals surface area contributed by atoms with Gasteiger partial charge in [-0.2, -0.15) is 0 Å². The molecule has 1 aromatic rings. The van der Waals surface area contributed by atoms with Crippen LogP contribution >= 0.6 is 0 Å². The summed E-state index contributed by atoms with van der Waals surface area (Å²) >= 11 is 0. The molecule has 0 spiro atoms. The molecular formula is C15H28N4. The Morgan fingerprint density at radius 2 is 1.95 bits per heavy atom. The lowest BCUT2D eigenvalue weighted by molar-refractivity contribution is 0.207. The fourth-order valence-corrected chi connectivity index (χ4v) is 2.78. The van der Waals surface area contributed by atoms with Gasteiger partial charge in [-0.15, -0.1) is 5.10 Å². The molecule has 1 heterocycles. The van der Waals surface area contributed by atoms with Crippen molar-refractivity contribution in [1.82, 2.24) is 20.3 Å². The van der Waals surface area contributed by atoms with Gasteiger partial charge in [-0.25, -0.2) is 4.68 Å². The number of hydrogen-bond donors (Lipinski definition) is 1. The first-order valence-electron chi connectivity index (χ1n) is 7.52. The van der Waals surface area contributed by atoms with Gasteiger partial charge in [0.2, 0.25) is 0 Å². The minimum absolute atomic E-state index is 0.0145. The van der Waals surface area contributed by atoms with E-state index in [4.69, 9.17) is 0 Å². The summed E-state index contributed by atoms with van der Waals surface area (Å²) in [5.41, 5.74) is 1.54. The maximum absolute atomic E-state index is 4.24. The van der Waals surface area contributed by atoms with E-state index in [0.29, 0.717) is 5.41 Å². The molecule has 19 heavy (non-hydrogen) atoms. The normalized spacial score (nSPS) is 19.6. The molecule has 2 rings (SSSR count). The molecule has 0 aliphatic heterocycles. The predicted molar refractivity (Wildman–Crippen MR) is 77.9 cm³/mol. The van der Waals surface area contributed by atoms with Gasteiger partial charge >= 0.3 is 0 Å². The van der Waals surface area contributed by atoms with Crippen molar-refractivity contribution >= 4 is 0 Å². The molecule has 0 aromatic carbocycles. The molecule has 0 unspecified atom stereocenters. The van der Waals surface area contributed by atoms with E-state index in [9.17, 15) is 0 Å². The van der Waals surface area contributed by atoms with Crippen LogP contribution in [0.15, 0.2) is 6.20 Å². The minimum Gasteiger partial charge on any atom is -0.311 e. The van der Waals surface area contributed by atoms with Gasteiger partial charge in [0.1, 0.15) is 0 Å². The Morgan fingerprint density at radius 3 is 2.53 bits per heavy atom. The molecule has 0 saturated heterocycles. The van der Waals surface area contributed by atoms with Crippen LogP contribution in [0.2, 0.25) is 0 Å². The molecule has 1 fully saturated rings. The van der Waals surface area contributed by atoms with Crippen LogP contribution < -0.4 is 5.32 Å². The van der Waals surface area contributed by atoms with Gasteiger partial charge in [-0.05, 0) is 39.0 Å². The van der Waals surface area contributed by atoms with E-state index in [1.165, 1.54) is 32.1 Å². The van der Waals surface area contributed by atoms with Crippen LogP contribution in [-0.4, -0.2) is 21.5 Å². The van der Waals surface area contributed by atoms with Gasteiger partial charge in [0.25, 0.3) is 0 Å². The second kappa shape index (κ2) is 5.61. The standard InChI is InChI=1S/C15H28N4/c1-14(2,3)19-11-13(17-18-19)10-16-12-15(4)8-6-5-7-9-15/h11,16H,5-10,12H2,1-4H3. The molecule has 1 saturated carbocycles. The molecule has 1 N–H and O–H groups in total. The zero-order chi connectivity index (χ0) is 13.9. The summed E-state index contributed by atoms with van der Waals surface area (Å²) in [6.45, 7) is 10.7. The molecule has 0 amide bonds. The maximum Gasteiger partial charge on any atom is 0.0965 e. The zero-order valence-electron chi connectivity index (χ0n) is 12.9. The fraction of sp³-hybridized carbons (Fsp3) is 0.867. The van der Waals surface area contributed by atoms with E-state index in [2.05, 4.69) is 49.5 Å². The summed E-state index contributed by atoms with van der Waals surface area (Å²) in [5, 5.41) is 12.0. The average molecular weight is 264 g/mol. The lowest BCUT2D eigenvalue weighted by Gasteiger charge is -2.33. The van der Waals surface area contributed by atoms with Crippen molar-refractivity contribution in [2.45, 2.75) is 71.9 Å². The predicted octanol–water partition coefficient (Wildman–Crippen LogP) is 3.09. The lowest BCUT2D eigenvalue weighted by Crippen LogP contribution is -2.33. The summed E-state index contributed by atoms with van der Waals surface area (Å²) in [4.78, 5) is 0. The molecule has 4 heteroatoms. The van der Waals surface area contributed by atoms with E-state index in [-0.39, 0.29) is 5.54 Å². The molecule has 0 radical (unpaired) electrons. The Morgan fingerprint density at radius 1 is 1.26 bits per heavy atom. The van der Waals surface area contributed by atoms with Crippen LogP contribution in [0.4, 0.5) is 0 Å². The Bertz CT molecular complexity index is 397. The van der Waals surface area contributed by atoms with Gasteiger partial charge < -0.3 is 5.32 Å². The minimum atomic E-state index is 0.0145. The first-order valence-corrected chi connectivity index (χ1v) is 7.52. The smallest absolute Gasteiger partial charge is 0.0965 e. The first kappa shape index (κ1) is 14.5. The van der Waals surface area contributed by atoms with E-state index in [0.717, 1.165) is 18.8 Å². The van der Waals surface area contributed by atoms with E-state index >= 15 is 0 Å². The average Bonchev–Trinajstić information content (AvgIpc) is 2.78. The monoisotopic (exact) mass is 264 g/mol. The van der Waals surface area contributed by atoms with Gasteiger partial charge in [0.15, 0.2) is 0 Å². The highest BCUT2D eigenvalue weighted by Gasteiger charge is 2.26. The summed E-state index contributed by atoms with van der Waals surface area (Å²) in [7, 11) is 0. The van der Waals surface area contributed by atoms with Crippen molar-refractivity contribution in [3.63, 3.8) is 0 Å². The van der Waals surface area contributed by atoms with Crippen LogP contribution in [0.25, 0.3) is 0 Å². The van der Waals surface area contributed by atoms with Crippen molar-refractivity contribution in [2.24, 2.45) is 5.41 Å². The van der Waals surface area contributed by atoms with Crippen LogP contribution in [0.1, 0.15) is 65.5 Å². The summed E-state index contributed by atoms with van der Waals surface area (Å²) < 4.78 is 1.94. The van der Waals surface area contributed by atoms with Crippen molar-refractivity contribution in [3.05, 3.63) is 11.9 Å². The number of nitrogens with one attached hydrogen (secondary N) is 1. The SMILES string of the molecule is CC1(CNCc2cn(C(C)(C)C)nn2)CCCCC1. The summed E-state index contributed by atoms with van der Waals surface area (Å²) in [5.74, 6) is 0. The largest absolute Gasteiger partial charge is 0.311 e. The third kappa shape index (κ3) is 4.03. The highest BCUT2D eigenvalue weighted by Crippen LogP contribution is 2.34. The van der Waals surface area contributed by atoms with Crippen molar-refractivity contribution in [1.29, 1.82) is 0 Å². The number of aromatic nitrogens is 3. The third-order valence-corrected chi connectivity index (χ3v) is 4.15. The first-order chi connectivity index (χ1) is 8.89. The quantitative estimate of drug-likeness (QED) is 0.908. The topological polar surface area (TPSA) is 42.7 Å². The molecule has 0 atom stereocenters. The number of nitrogens with zero attached hydrogens (tertiary/aromatic N) is 3. The molecule has 108 valence electrons. The van der Waals surface area contributed by atoms with E-state index in [1.807, 2.05) is 4.68 Å². The lowest BCUT2D eigenvalue weighted by atomic mass is 9.76. The summed E-state index contributed by atoms with van der Waals surface area (Å²) in [6.07, 6.45) is 8.95. The van der Waals surface area contributed by atoms with Gasteiger partial charge in [0.05, 0.1) is 17.4 Å². The Hall–Kier alpha value is -0.900. The van der Waals surface area contributed by atoms with Crippen LogP contribution in [-0.2, 0) is 12.1 Å². The van der Waals surface area contributed by atoms with Crippen LogP contribution in [0.5, 0.6) is 0 Å². The van der Waals surface area contributed by atoms with E-state index in [1.54, 1.807) is 0 Å². The van der Waals surface area contributed by atoms with Crippen molar-refractivity contribution in [2.75, 3.05) is 6.54 Å². The Balaban J connectivity index is 1.81. The molecule has 1 aliphatic carbocycles. The molecule has 1 aliphatic rings. The van der Waals surface area contributed by atoms with Gasteiger partial charge in [-0.1, -0.05) is 31.4 Å². The maximum atomic E-state index is 4.24. The zero-order valence-corrected chi connectivity index (χ0v) is 12.9. The summed E-state index contributed by atoms with van der Waals surface area (Å²) in [6, 6.07) is 0. The fourth-order valence-electron chi connectivity index (χ4n) is 2.78. The molecular weight excluding hydrogens is 236 g/mol. The number of rotatable bonds is 4. The van der Waals surface area contributed by atoms with Gasteiger partial charge in [0, 0.05) is 13.1 Å².